The van der Waals surface area contributed by atoms with E-state index in [2.05, 4.69) is 19.9 Å². The lowest BCUT2D eigenvalue weighted by Gasteiger charge is -2.31. The number of hydrogen-bond acceptors (Lipinski definition) is 3. The zero-order valence-corrected chi connectivity index (χ0v) is 12.2. The van der Waals surface area contributed by atoms with Crippen molar-refractivity contribution in [3.05, 3.63) is 11.6 Å². The Kier molecular flexibility index (Phi) is 3.97. The molecule has 0 spiro atoms. The van der Waals surface area contributed by atoms with Gasteiger partial charge in [-0.2, -0.15) is 0 Å². The average molecular weight is 265 g/mol. The maximum atomic E-state index is 12.6. The van der Waals surface area contributed by atoms with Crippen LogP contribution in [0.2, 0.25) is 0 Å². The summed E-state index contributed by atoms with van der Waals surface area (Å²) in [5.74, 6) is 0.373. The van der Waals surface area contributed by atoms with Gasteiger partial charge in [-0.25, -0.2) is 9.69 Å². The lowest BCUT2D eigenvalue weighted by molar-refractivity contribution is -0.135. The highest BCUT2D eigenvalue weighted by Crippen LogP contribution is 2.33. The molecule has 2 rings (SSSR count). The zero-order chi connectivity index (χ0) is 14.2. The fraction of sp³-hybridized carbons (Fsp3) is 0.733. The van der Waals surface area contributed by atoms with Crippen LogP contribution >= 0.6 is 0 Å². The molecule has 4 heteroatoms. The molecule has 1 aliphatic heterocycles. The second kappa shape index (κ2) is 5.35. The molecule has 1 saturated heterocycles. The van der Waals surface area contributed by atoms with Gasteiger partial charge in [-0.05, 0) is 31.6 Å². The van der Waals surface area contributed by atoms with Crippen LogP contribution in [0.3, 0.4) is 0 Å². The molecule has 3 atom stereocenters. The van der Waals surface area contributed by atoms with E-state index in [1.807, 2.05) is 13.8 Å². The van der Waals surface area contributed by atoms with Gasteiger partial charge in [0.15, 0.2) is 0 Å². The monoisotopic (exact) mass is 265 g/mol. The molecule has 2 aliphatic rings. The molecule has 0 unspecified atom stereocenters. The van der Waals surface area contributed by atoms with Gasteiger partial charge in [-0.15, -0.1) is 0 Å². The minimum atomic E-state index is -0.470. The number of carbonyl (C=O) groups excluding carboxylic acids is 2. The van der Waals surface area contributed by atoms with Crippen LogP contribution in [0.1, 0.15) is 40.5 Å². The lowest BCUT2D eigenvalue weighted by Crippen LogP contribution is -2.46. The number of carbonyl (C=O) groups is 2. The fourth-order valence-electron chi connectivity index (χ4n) is 3.00. The number of rotatable bonds is 2. The van der Waals surface area contributed by atoms with Crippen LogP contribution in [0.4, 0.5) is 4.79 Å². The molecular weight excluding hydrogens is 242 g/mol. The Bertz CT molecular complexity index is 414. The Labute approximate surface area is 114 Å². The molecule has 0 saturated carbocycles. The largest absolute Gasteiger partial charge is 0.447 e. The number of cyclic esters (lactones) is 1. The third-order valence-electron chi connectivity index (χ3n) is 4.28. The molecule has 1 heterocycles. The molecule has 0 bridgehead atoms. The summed E-state index contributed by atoms with van der Waals surface area (Å²) in [6, 6.07) is -0.112. The summed E-state index contributed by atoms with van der Waals surface area (Å²) < 4.78 is 5.06. The van der Waals surface area contributed by atoms with Gasteiger partial charge in [0.05, 0.1) is 6.04 Å². The van der Waals surface area contributed by atoms with Gasteiger partial charge in [-0.3, -0.25) is 4.79 Å². The number of allylic oxidation sites excluding steroid dienone is 2. The van der Waals surface area contributed by atoms with Gasteiger partial charge in [0.25, 0.3) is 0 Å². The van der Waals surface area contributed by atoms with Crippen molar-refractivity contribution in [2.45, 2.75) is 46.6 Å². The predicted molar refractivity (Wildman–Crippen MR) is 72.5 cm³/mol. The Balaban J connectivity index is 2.16. The smallest absolute Gasteiger partial charge is 0.416 e. The van der Waals surface area contributed by atoms with Crippen LogP contribution in [-0.2, 0) is 9.53 Å². The highest BCUT2D eigenvalue weighted by atomic mass is 16.6. The van der Waals surface area contributed by atoms with Crippen molar-refractivity contribution in [3.63, 3.8) is 0 Å². The first-order valence-electron chi connectivity index (χ1n) is 7.07. The number of imide groups is 1. The van der Waals surface area contributed by atoms with Crippen LogP contribution in [0, 0.1) is 17.8 Å². The summed E-state index contributed by atoms with van der Waals surface area (Å²) in [7, 11) is 0. The molecule has 19 heavy (non-hydrogen) atoms. The topological polar surface area (TPSA) is 46.6 Å². The SMILES string of the molecule is CC1=CC[C@@H](C(=O)N2C(=O)OC[C@@H]2C(C)C)[C@H](C)C1. The molecule has 4 nitrogen and oxygen atoms in total. The minimum absolute atomic E-state index is 0.0579. The van der Waals surface area contributed by atoms with E-state index >= 15 is 0 Å². The van der Waals surface area contributed by atoms with Crippen LogP contribution in [-0.4, -0.2) is 29.5 Å². The minimum Gasteiger partial charge on any atom is -0.447 e. The number of ether oxygens (including phenoxy) is 1. The van der Waals surface area contributed by atoms with Crippen molar-refractivity contribution < 1.29 is 14.3 Å². The van der Waals surface area contributed by atoms with E-state index in [1.165, 1.54) is 10.5 Å². The maximum Gasteiger partial charge on any atom is 0.416 e. The Morgan fingerprint density at radius 3 is 2.74 bits per heavy atom. The lowest BCUT2D eigenvalue weighted by atomic mass is 9.80. The molecule has 2 amide bonds. The summed E-state index contributed by atoms with van der Waals surface area (Å²) in [5.41, 5.74) is 1.33. The molecular formula is C15H23NO3. The summed E-state index contributed by atoms with van der Waals surface area (Å²) in [6.45, 7) is 8.55. The van der Waals surface area contributed by atoms with E-state index in [-0.39, 0.29) is 23.8 Å². The number of nitrogens with zero attached hydrogens (tertiary/aromatic N) is 1. The standard InChI is InChI=1S/C15H23NO3/c1-9(2)13-8-19-15(18)16(13)14(17)12-6-5-10(3)7-11(12)4/h5,9,11-13H,6-8H2,1-4H3/t11-,12-,13-/m1/s1. The van der Waals surface area contributed by atoms with E-state index in [0.29, 0.717) is 12.5 Å². The van der Waals surface area contributed by atoms with Gasteiger partial charge in [0.1, 0.15) is 6.61 Å². The first-order chi connectivity index (χ1) is 8.91. The summed E-state index contributed by atoms with van der Waals surface area (Å²) in [6.07, 6.45) is 3.32. The Hall–Kier alpha value is -1.32. The molecule has 106 valence electrons. The third kappa shape index (κ3) is 2.67. The van der Waals surface area contributed by atoms with Gasteiger partial charge in [0, 0.05) is 5.92 Å². The molecule has 0 radical (unpaired) electrons. The number of amides is 2. The van der Waals surface area contributed by atoms with Crippen LogP contribution in [0.15, 0.2) is 11.6 Å². The molecule has 1 fully saturated rings. The highest BCUT2D eigenvalue weighted by molar-refractivity contribution is 5.95. The van der Waals surface area contributed by atoms with Crippen molar-refractivity contribution in [1.82, 2.24) is 4.90 Å². The van der Waals surface area contributed by atoms with Crippen LogP contribution in [0.5, 0.6) is 0 Å². The quantitative estimate of drug-likeness (QED) is 0.721. The second-order valence-corrected chi connectivity index (χ2v) is 6.17. The van der Waals surface area contributed by atoms with Crippen LogP contribution < -0.4 is 0 Å². The molecule has 0 aromatic heterocycles. The fourth-order valence-corrected chi connectivity index (χ4v) is 3.00. The van der Waals surface area contributed by atoms with E-state index in [9.17, 15) is 9.59 Å². The van der Waals surface area contributed by atoms with Crippen LogP contribution in [0.25, 0.3) is 0 Å². The molecule has 0 aromatic rings. The Morgan fingerprint density at radius 1 is 1.47 bits per heavy atom. The Morgan fingerprint density at radius 2 is 2.16 bits per heavy atom. The van der Waals surface area contributed by atoms with Gasteiger partial charge < -0.3 is 4.74 Å². The molecule has 0 aromatic carbocycles. The van der Waals surface area contributed by atoms with Crippen molar-refractivity contribution in [2.75, 3.05) is 6.61 Å². The van der Waals surface area contributed by atoms with Crippen molar-refractivity contribution >= 4 is 12.0 Å². The van der Waals surface area contributed by atoms with E-state index in [1.54, 1.807) is 0 Å². The van der Waals surface area contributed by atoms with Gasteiger partial charge >= 0.3 is 6.09 Å². The van der Waals surface area contributed by atoms with E-state index in [0.717, 1.165) is 12.8 Å². The zero-order valence-electron chi connectivity index (χ0n) is 12.2. The average Bonchev–Trinajstić information content (AvgIpc) is 2.70. The van der Waals surface area contributed by atoms with E-state index < -0.39 is 6.09 Å². The highest BCUT2D eigenvalue weighted by Gasteiger charge is 2.43. The number of hydrogen-bond donors (Lipinski definition) is 0. The summed E-state index contributed by atoms with van der Waals surface area (Å²) in [4.78, 5) is 25.8. The predicted octanol–water partition coefficient (Wildman–Crippen LogP) is 2.98. The van der Waals surface area contributed by atoms with Crippen molar-refractivity contribution in [3.8, 4) is 0 Å². The maximum absolute atomic E-state index is 12.6. The molecule has 1 aliphatic carbocycles. The first kappa shape index (κ1) is 14.1. The molecule has 0 N–H and O–H groups in total. The first-order valence-corrected chi connectivity index (χ1v) is 7.07. The van der Waals surface area contributed by atoms with Gasteiger partial charge in [-0.1, -0.05) is 32.4 Å². The second-order valence-electron chi connectivity index (χ2n) is 6.17. The van der Waals surface area contributed by atoms with E-state index in [4.69, 9.17) is 4.74 Å². The normalized spacial score (nSPS) is 31.4. The third-order valence-corrected chi connectivity index (χ3v) is 4.28. The van der Waals surface area contributed by atoms with Gasteiger partial charge in [0.2, 0.25) is 5.91 Å². The van der Waals surface area contributed by atoms with Crippen molar-refractivity contribution in [2.24, 2.45) is 17.8 Å². The summed E-state index contributed by atoms with van der Waals surface area (Å²) >= 11 is 0. The van der Waals surface area contributed by atoms with Crippen molar-refractivity contribution in [1.29, 1.82) is 0 Å². The summed E-state index contributed by atoms with van der Waals surface area (Å²) in [5, 5.41) is 0.